The van der Waals surface area contributed by atoms with Crippen molar-refractivity contribution in [1.82, 2.24) is 0 Å². The Kier molecular flexibility index (Phi) is 3.77. The molecule has 0 N–H and O–H groups in total. The van der Waals surface area contributed by atoms with Gasteiger partial charge in [0.25, 0.3) is 0 Å². The van der Waals surface area contributed by atoms with Crippen LogP contribution in [0.1, 0.15) is 7.43 Å². The Balaban J connectivity index is 0.000000845. The molecule has 0 spiro atoms. The van der Waals surface area contributed by atoms with Gasteiger partial charge in [-0.3, -0.25) is 0 Å². The third-order valence-corrected chi connectivity index (χ3v) is 2.13. The molecule has 2 heteroatoms. The molecule has 0 unspecified atom stereocenters. The number of hydrogen-bond acceptors (Lipinski definition) is 2. The zero-order valence-corrected chi connectivity index (χ0v) is 7.07. The first-order valence-corrected chi connectivity index (χ1v) is 4.34. The predicted octanol–water partition coefficient (Wildman–Crippen LogP) is 2.16. The molecule has 0 saturated carbocycles. The molecule has 0 radical (unpaired) electrons. The minimum atomic E-state index is 0. The maximum absolute atomic E-state index is 5.28. The van der Waals surface area contributed by atoms with E-state index in [1.54, 1.807) is 0 Å². The van der Waals surface area contributed by atoms with Crippen LogP contribution < -0.4 is 4.90 Å². The summed E-state index contributed by atoms with van der Waals surface area (Å²) in [6.45, 7) is 3.75. The van der Waals surface area contributed by atoms with Gasteiger partial charge in [-0.25, -0.2) is 0 Å². The molecule has 1 saturated heterocycles. The molecule has 2 rings (SSSR count). The van der Waals surface area contributed by atoms with Gasteiger partial charge in [-0.05, 0) is 12.1 Å². The molecular weight excluding hydrogens is 162 g/mol. The highest BCUT2D eigenvalue weighted by molar-refractivity contribution is 5.46. The van der Waals surface area contributed by atoms with Crippen LogP contribution in [0.4, 0.5) is 5.69 Å². The Labute approximate surface area is 80.1 Å². The normalized spacial score (nSPS) is 16.5. The zero-order chi connectivity index (χ0) is 8.23. The summed E-state index contributed by atoms with van der Waals surface area (Å²) in [5.41, 5.74) is 1.31. The number of nitrogens with zero attached hydrogens (tertiary/aromatic N) is 1. The van der Waals surface area contributed by atoms with Crippen molar-refractivity contribution in [3.8, 4) is 0 Å². The first kappa shape index (κ1) is 10.1. The van der Waals surface area contributed by atoms with Crippen LogP contribution in [0.3, 0.4) is 0 Å². The fourth-order valence-electron chi connectivity index (χ4n) is 1.46. The molecule has 1 aliphatic rings. The molecule has 0 aromatic heterocycles. The van der Waals surface area contributed by atoms with E-state index in [9.17, 15) is 0 Å². The van der Waals surface area contributed by atoms with E-state index in [1.807, 2.05) is 6.07 Å². The van der Waals surface area contributed by atoms with Crippen LogP contribution in [0.5, 0.6) is 0 Å². The van der Waals surface area contributed by atoms with E-state index in [0.29, 0.717) is 0 Å². The van der Waals surface area contributed by atoms with E-state index in [1.165, 1.54) is 5.69 Å². The molecule has 0 atom stereocenters. The van der Waals surface area contributed by atoms with Crippen LogP contribution in [0.2, 0.25) is 0 Å². The number of benzene rings is 1. The van der Waals surface area contributed by atoms with Gasteiger partial charge in [0, 0.05) is 18.8 Å². The fraction of sp³-hybridized carbons (Fsp3) is 0.455. The molecule has 0 amide bonds. The number of ether oxygens (including phenoxy) is 1. The van der Waals surface area contributed by atoms with Crippen molar-refractivity contribution in [1.29, 1.82) is 0 Å². The molecule has 1 aromatic rings. The van der Waals surface area contributed by atoms with Gasteiger partial charge in [0.15, 0.2) is 0 Å². The minimum absolute atomic E-state index is 0. The molecule has 1 heterocycles. The first-order chi connectivity index (χ1) is 5.97. The highest BCUT2D eigenvalue weighted by atomic mass is 16.5. The monoisotopic (exact) mass is 179 g/mol. The Morgan fingerprint density at radius 2 is 1.62 bits per heavy atom. The van der Waals surface area contributed by atoms with Gasteiger partial charge in [-0.1, -0.05) is 25.6 Å². The standard InChI is InChI=1S/C10H13NO.CH4/c1-2-4-10(5-3-1)11-6-8-12-9-7-11;/h1-5H,6-9H2;1H4. The maximum Gasteiger partial charge on any atom is 0.0642 e. The van der Waals surface area contributed by atoms with Crippen molar-refractivity contribution in [3.05, 3.63) is 30.3 Å². The lowest BCUT2D eigenvalue weighted by atomic mass is 10.3. The van der Waals surface area contributed by atoms with Crippen molar-refractivity contribution >= 4 is 5.69 Å². The zero-order valence-electron chi connectivity index (χ0n) is 7.07. The van der Waals surface area contributed by atoms with Crippen molar-refractivity contribution in [2.75, 3.05) is 31.2 Å². The van der Waals surface area contributed by atoms with Gasteiger partial charge in [0.2, 0.25) is 0 Å². The predicted molar refractivity (Wildman–Crippen MR) is 56.2 cm³/mol. The van der Waals surface area contributed by atoms with Gasteiger partial charge < -0.3 is 9.64 Å². The molecule has 2 nitrogen and oxygen atoms in total. The lowest BCUT2D eigenvalue weighted by Gasteiger charge is -2.28. The third kappa shape index (κ3) is 2.46. The smallest absolute Gasteiger partial charge is 0.0642 e. The second-order valence-electron chi connectivity index (χ2n) is 2.93. The molecule has 0 aliphatic carbocycles. The largest absolute Gasteiger partial charge is 0.378 e. The summed E-state index contributed by atoms with van der Waals surface area (Å²) in [6, 6.07) is 10.5. The van der Waals surface area contributed by atoms with Crippen molar-refractivity contribution < 1.29 is 4.74 Å². The van der Waals surface area contributed by atoms with Crippen LogP contribution in [-0.2, 0) is 4.74 Å². The van der Waals surface area contributed by atoms with Gasteiger partial charge in [-0.15, -0.1) is 0 Å². The van der Waals surface area contributed by atoms with E-state index in [0.717, 1.165) is 26.3 Å². The summed E-state index contributed by atoms with van der Waals surface area (Å²) in [7, 11) is 0. The van der Waals surface area contributed by atoms with E-state index < -0.39 is 0 Å². The second kappa shape index (κ2) is 4.87. The Hall–Kier alpha value is -1.02. The highest BCUT2D eigenvalue weighted by Gasteiger charge is 2.09. The lowest BCUT2D eigenvalue weighted by molar-refractivity contribution is 0.122. The van der Waals surface area contributed by atoms with Crippen molar-refractivity contribution in [3.63, 3.8) is 0 Å². The molecule has 1 aromatic carbocycles. The van der Waals surface area contributed by atoms with Crippen LogP contribution in [0, 0.1) is 0 Å². The van der Waals surface area contributed by atoms with Crippen LogP contribution in [0.25, 0.3) is 0 Å². The summed E-state index contributed by atoms with van der Waals surface area (Å²) in [4.78, 5) is 2.35. The van der Waals surface area contributed by atoms with Crippen molar-refractivity contribution in [2.45, 2.75) is 7.43 Å². The number of para-hydroxylation sites is 1. The minimum Gasteiger partial charge on any atom is -0.378 e. The number of rotatable bonds is 1. The summed E-state index contributed by atoms with van der Waals surface area (Å²) < 4.78 is 5.28. The Bertz CT molecular complexity index is 229. The topological polar surface area (TPSA) is 12.5 Å². The van der Waals surface area contributed by atoms with Gasteiger partial charge in [0.1, 0.15) is 0 Å². The Morgan fingerprint density at radius 1 is 1.00 bits per heavy atom. The number of morpholine rings is 1. The van der Waals surface area contributed by atoms with E-state index >= 15 is 0 Å². The summed E-state index contributed by atoms with van der Waals surface area (Å²) in [6.07, 6.45) is 0. The van der Waals surface area contributed by atoms with E-state index in [-0.39, 0.29) is 7.43 Å². The second-order valence-corrected chi connectivity index (χ2v) is 2.93. The number of hydrogen-bond donors (Lipinski definition) is 0. The van der Waals surface area contributed by atoms with Crippen LogP contribution in [-0.4, -0.2) is 26.3 Å². The van der Waals surface area contributed by atoms with Crippen molar-refractivity contribution in [2.24, 2.45) is 0 Å². The van der Waals surface area contributed by atoms with E-state index in [2.05, 4.69) is 29.2 Å². The summed E-state index contributed by atoms with van der Waals surface area (Å²) in [5, 5.41) is 0. The molecular formula is C11H17NO. The highest BCUT2D eigenvalue weighted by Crippen LogP contribution is 2.13. The lowest BCUT2D eigenvalue weighted by Crippen LogP contribution is -2.36. The quantitative estimate of drug-likeness (QED) is 0.655. The molecule has 0 bridgehead atoms. The number of anilines is 1. The van der Waals surface area contributed by atoms with E-state index in [4.69, 9.17) is 4.74 Å². The third-order valence-electron chi connectivity index (χ3n) is 2.13. The van der Waals surface area contributed by atoms with Gasteiger partial charge in [-0.2, -0.15) is 0 Å². The van der Waals surface area contributed by atoms with Crippen LogP contribution >= 0.6 is 0 Å². The van der Waals surface area contributed by atoms with Gasteiger partial charge in [0.05, 0.1) is 13.2 Å². The fourth-order valence-corrected chi connectivity index (χ4v) is 1.46. The summed E-state index contributed by atoms with van der Waals surface area (Å²) >= 11 is 0. The molecule has 1 aliphatic heterocycles. The average Bonchev–Trinajstić information content (AvgIpc) is 2.21. The average molecular weight is 179 g/mol. The summed E-state index contributed by atoms with van der Waals surface area (Å²) in [5.74, 6) is 0. The molecule has 72 valence electrons. The van der Waals surface area contributed by atoms with Gasteiger partial charge >= 0.3 is 0 Å². The Morgan fingerprint density at radius 3 is 2.23 bits per heavy atom. The van der Waals surface area contributed by atoms with Crippen LogP contribution in [0.15, 0.2) is 30.3 Å². The molecule has 13 heavy (non-hydrogen) atoms. The SMILES string of the molecule is C.c1ccc(N2CCOCC2)cc1. The molecule has 1 fully saturated rings. The first-order valence-electron chi connectivity index (χ1n) is 4.34. The maximum atomic E-state index is 5.28.